The van der Waals surface area contributed by atoms with Crippen molar-refractivity contribution >= 4 is 17.3 Å². The highest BCUT2D eigenvalue weighted by atomic mass is 32.2. The number of likely N-dealkylation sites (N-methyl/N-ethyl adjacent to an activating group) is 1. The molecule has 0 aromatic rings. The molecular weight excluding hydrogens is 234 g/mol. The summed E-state index contributed by atoms with van der Waals surface area (Å²) in [6.07, 6.45) is 1.18. The maximum Gasteiger partial charge on any atom is 0.330 e. The Morgan fingerprint density at radius 1 is 1.50 bits per heavy atom. The molecule has 0 saturated carbocycles. The largest absolute Gasteiger partial charge is 0.750 e. The van der Waals surface area contributed by atoms with Gasteiger partial charge in [0.1, 0.15) is 13.2 Å². The Labute approximate surface area is 98.9 Å². The van der Waals surface area contributed by atoms with Crippen LogP contribution in [0.15, 0.2) is 12.7 Å². The summed E-state index contributed by atoms with van der Waals surface area (Å²) in [6.45, 7) is 4.57. The number of esters is 1. The van der Waals surface area contributed by atoms with Crippen LogP contribution in [0.3, 0.4) is 0 Å². The van der Waals surface area contributed by atoms with E-state index in [1.807, 2.05) is 21.1 Å². The molecule has 0 aromatic carbocycles. The van der Waals surface area contributed by atoms with Gasteiger partial charge in [0.2, 0.25) is 0 Å². The van der Waals surface area contributed by atoms with E-state index >= 15 is 0 Å². The number of carbonyl (C=O) groups is 1. The first-order valence-corrected chi connectivity index (χ1v) is 5.46. The molecule has 0 heterocycles. The molecule has 0 N–H and O–H groups in total. The second-order valence-electron chi connectivity index (χ2n) is 3.76. The highest BCUT2D eigenvalue weighted by molar-refractivity contribution is 7.74. The minimum absolute atomic E-state index is 0.349. The van der Waals surface area contributed by atoms with Crippen LogP contribution in [0.4, 0.5) is 0 Å². The van der Waals surface area contributed by atoms with Crippen molar-refractivity contribution in [3.63, 3.8) is 0 Å². The Morgan fingerprint density at radius 2 is 1.94 bits per heavy atom. The van der Waals surface area contributed by atoms with Crippen LogP contribution in [0.25, 0.3) is 0 Å². The van der Waals surface area contributed by atoms with Gasteiger partial charge < -0.3 is 18.0 Å². The zero-order valence-electron chi connectivity index (χ0n) is 10.1. The molecule has 6 nitrogen and oxygen atoms in total. The molecule has 0 bridgehead atoms. The Balaban J connectivity index is 0. The lowest BCUT2D eigenvalue weighted by Crippen LogP contribution is -2.37. The lowest BCUT2D eigenvalue weighted by atomic mass is 10.5. The summed E-state index contributed by atoms with van der Waals surface area (Å²) in [5.74, 6) is -0.349. The molecule has 0 aliphatic rings. The molecule has 1 atom stereocenters. The molecule has 16 heavy (non-hydrogen) atoms. The second kappa shape index (κ2) is 9.46. The van der Waals surface area contributed by atoms with Crippen LogP contribution >= 0.6 is 0 Å². The van der Waals surface area contributed by atoms with E-state index in [4.69, 9.17) is 13.5 Å². The maximum atomic E-state index is 10.6. The van der Waals surface area contributed by atoms with Gasteiger partial charge in [-0.2, -0.15) is 0 Å². The number of rotatable bonds is 5. The van der Waals surface area contributed by atoms with E-state index in [1.165, 1.54) is 6.08 Å². The Hall–Kier alpha value is -0.760. The average Bonchev–Trinajstić information content (AvgIpc) is 2.16. The molecule has 7 heteroatoms. The molecule has 0 aliphatic carbocycles. The van der Waals surface area contributed by atoms with Crippen LogP contribution in [0.2, 0.25) is 0 Å². The third-order valence-corrected chi connectivity index (χ3v) is 1.58. The number of nitrogens with zero attached hydrogens (tertiary/aromatic N) is 1. The van der Waals surface area contributed by atoms with Crippen LogP contribution in [-0.4, -0.2) is 60.6 Å². The molecule has 0 rings (SSSR count). The van der Waals surface area contributed by atoms with Gasteiger partial charge >= 0.3 is 5.97 Å². The predicted molar refractivity (Wildman–Crippen MR) is 60.0 cm³/mol. The number of hydrogen-bond acceptors (Lipinski definition) is 5. The van der Waals surface area contributed by atoms with Crippen molar-refractivity contribution in [1.29, 1.82) is 0 Å². The quantitative estimate of drug-likeness (QED) is 0.295. The normalized spacial score (nSPS) is 12.1. The summed E-state index contributed by atoms with van der Waals surface area (Å²) in [5.41, 5.74) is 0. The summed E-state index contributed by atoms with van der Waals surface area (Å²) in [4.78, 5) is 10.6. The summed E-state index contributed by atoms with van der Waals surface area (Å²) in [5, 5.41) is 0. The molecule has 0 aromatic heterocycles. The lowest BCUT2D eigenvalue weighted by molar-refractivity contribution is -0.870. The summed E-state index contributed by atoms with van der Waals surface area (Å²) < 4.78 is 27.5. The third-order valence-electron chi connectivity index (χ3n) is 1.31. The zero-order valence-corrected chi connectivity index (χ0v) is 10.9. The average molecular weight is 253 g/mol. The molecule has 0 fully saturated rings. The zero-order chi connectivity index (χ0) is 13.2. The fraction of sp³-hybridized carbons (Fsp3) is 0.667. The second-order valence-corrected chi connectivity index (χ2v) is 4.50. The fourth-order valence-electron chi connectivity index (χ4n) is 0.479. The highest BCUT2D eigenvalue weighted by Gasteiger charge is 2.06. The van der Waals surface area contributed by atoms with Crippen LogP contribution in [0.1, 0.15) is 0 Å². The lowest BCUT2D eigenvalue weighted by Gasteiger charge is -2.23. The van der Waals surface area contributed by atoms with Crippen LogP contribution in [0.5, 0.6) is 0 Å². The van der Waals surface area contributed by atoms with E-state index in [9.17, 15) is 4.79 Å². The van der Waals surface area contributed by atoms with Crippen LogP contribution in [0, 0.1) is 0 Å². The minimum Gasteiger partial charge on any atom is -0.750 e. The first kappa shape index (κ1) is 17.6. The molecule has 0 saturated heterocycles. The summed E-state index contributed by atoms with van der Waals surface area (Å²) >= 11 is -2.32. The Bertz CT molecular complexity index is 237. The van der Waals surface area contributed by atoms with Crippen molar-refractivity contribution in [1.82, 2.24) is 0 Å². The topological polar surface area (TPSA) is 75.7 Å². The van der Waals surface area contributed by atoms with Gasteiger partial charge in [-0.05, 0) is 0 Å². The van der Waals surface area contributed by atoms with Crippen LogP contribution < -0.4 is 0 Å². The van der Waals surface area contributed by atoms with Crippen molar-refractivity contribution < 1.29 is 27.0 Å². The van der Waals surface area contributed by atoms with Crippen molar-refractivity contribution in [2.24, 2.45) is 0 Å². The molecule has 0 radical (unpaired) electrons. The smallest absolute Gasteiger partial charge is 0.330 e. The van der Waals surface area contributed by atoms with Crippen molar-refractivity contribution in [3.8, 4) is 0 Å². The van der Waals surface area contributed by atoms with Gasteiger partial charge in [-0.15, -0.1) is 0 Å². The van der Waals surface area contributed by atoms with Crippen molar-refractivity contribution in [2.75, 3.05) is 41.4 Å². The number of carbonyl (C=O) groups excluding carboxylic acids is 1. The SMILES string of the molecule is C=CC(=O)OCC[N+](C)(C)C.COS(=O)[O-]. The van der Waals surface area contributed by atoms with E-state index in [1.54, 1.807) is 0 Å². The van der Waals surface area contributed by atoms with Gasteiger partial charge in [0.05, 0.1) is 39.6 Å². The summed E-state index contributed by atoms with van der Waals surface area (Å²) in [6, 6.07) is 0. The standard InChI is InChI=1S/C8H16NO2.CH4O3S/c1-5-8(10)11-7-6-9(2,3)4;1-4-5(2)3/h5H,1,6-7H2,2-4H3;1H3,(H,2,3)/q+1;/p-1. The number of quaternary nitrogens is 1. The highest BCUT2D eigenvalue weighted by Crippen LogP contribution is 1.89. The molecular formula is C9H19NO5S. The molecule has 0 spiro atoms. The fourth-order valence-corrected chi connectivity index (χ4v) is 0.479. The molecule has 0 aliphatic heterocycles. The van der Waals surface area contributed by atoms with Crippen LogP contribution in [-0.2, 0) is 25.1 Å². The van der Waals surface area contributed by atoms with Gasteiger partial charge in [0.25, 0.3) is 0 Å². The van der Waals surface area contributed by atoms with Gasteiger partial charge in [0, 0.05) is 6.08 Å². The van der Waals surface area contributed by atoms with Gasteiger partial charge in [-0.25, -0.2) is 9.00 Å². The maximum absolute atomic E-state index is 10.6. The third kappa shape index (κ3) is 18.9. The van der Waals surface area contributed by atoms with E-state index in [0.29, 0.717) is 6.61 Å². The van der Waals surface area contributed by atoms with E-state index < -0.39 is 11.4 Å². The van der Waals surface area contributed by atoms with E-state index in [2.05, 4.69) is 10.8 Å². The van der Waals surface area contributed by atoms with Gasteiger partial charge in [-0.1, -0.05) is 6.58 Å². The molecule has 1 unspecified atom stereocenters. The monoisotopic (exact) mass is 253 g/mol. The molecule has 96 valence electrons. The number of hydrogen-bond donors (Lipinski definition) is 0. The van der Waals surface area contributed by atoms with Crippen molar-refractivity contribution in [2.45, 2.75) is 0 Å². The van der Waals surface area contributed by atoms with Gasteiger partial charge in [-0.3, -0.25) is 0 Å². The summed E-state index contributed by atoms with van der Waals surface area (Å²) in [7, 11) is 7.22. The Morgan fingerprint density at radius 3 is 2.19 bits per heavy atom. The first-order valence-electron chi connectivity index (χ1n) is 4.46. The Kier molecular flexibility index (Phi) is 10.4. The first-order chi connectivity index (χ1) is 7.22. The molecule has 0 amide bonds. The minimum atomic E-state index is -2.32. The van der Waals surface area contributed by atoms with E-state index in [-0.39, 0.29) is 5.97 Å². The van der Waals surface area contributed by atoms with Crippen molar-refractivity contribution in [3.05, 3.63) is 12.7 Å². The van der Waals surface area contributed by atoms with E-state index in [0.717, 1.165) is 18.1 Å². The predicted octanol–water partition coefficient (Wildman–Crippen LogP) is -0.151. The van der Waals surface area contributed by atoms with Gasteiger partial charge in [0.15, 0.2) is 0 Å². The number of ether oxygens (including phenoxy) is 1.